The van der Waals surface area contributed by atoms with E-state index < -0.39 is 29.1 Å². The Morgan fingerprint density at radius 1 is 1.30 bits per heavy atom. The van der Waals surface area contributed by atoms with Gasteiger partial charge in [-0.25, -0.2) is 4.39 Å². The monoisotopic (exact) mass is 393 g/mol. The fourth-order valence-electron chi connectivity index (χ4n) is 2.28. The van der Waals surface area contributed by atoms with Crippen molar-refractivity contribution in [3.8, 4) is 0 Å². The van der Waals surface area contributed by atoms with Crippen LogP contribution in [0.5, 0.6) is 0 Å². The minimum absolute atomic E-state index is 0.0587. The van der Waals surface area contributed by atoms with Crippen molar-refractivity contribution < 1.29 is 18.8 Å². The summed E-state index contributed by atoms with van der Waals surface area (Å²) in [5.41, 5.74) is 10.2. The number of nitrogens with zero attached hydrogens (tertiary/aromatic N) is 2. The molecule has 0 bridgehead atoms. The number of nitrogens with one attached hydrogen (secondary N) is 1. The van der Waals surface area contributed by atoms with Gasteiger partial charge in [-0.15, -0.1) is 0 Å². The molecule has 0 radical (unpaired) electrons. The highest BCUT2D eigenvalue weighted by Gasteiger charge is 2.28. The van der Waals surface area contributed by atoms with E-state index in [-0.39, 0.29) is 28.5 Å². The zero-order chi connectivity index (χ0) is 20.4. The molecule has 0 fully saturated rings. The summed E-state index contributed by atoms with van der Waals surface area (Å²) >= 11 is 0.688. The molecule has 1 aromatic heterocycles. The van der Waals surface area contributed by atoms with Gasteiger partial charge in [0.05, 0.1) is 5.69 Å². The van der Waals surface area contributed by atoms with Crippen molar-refractivity contribution in [2.75, 3.05) is 17.2 Å². The maximum Gasteiger partial charge on any atom is 0.272 e. The first-order valence-corrected chi connectivity index (χ1v) is 8.70. The smallest absolute Gasteiger partial charge is 0.272 e. The first kappa shape index (κ1) is 20.3. The number of carbonyl (C=O) groups is 3. The van der Waals surface area contributed by atoms with E-state index in [9.17, 15) is 18.8 Å². The molecule has 1 heterocycles. The molecule has 0 saturated carbocycles. The Balaban J connectivity index is 2.41. The van der Waals surface area contributed by atoms with Crippen molar-refractivity contribution in [3.05, 3.63) is 40.7 Å². The second kappa shape index (κ2) is 7.70. The second-order valence-corrected chi connectivity index (χ2v) is 7.58. The van der Waals surface area contributed by atoms with Crippen LogP contribution in [0.1, 0.15) is 40.9 Å². The van der Waals surface area contributed by atoms with Crippen molar-refractivity contribution in [2.45, 2.75) is 26.3 Å². The molecule has 0 saturated heterocycles. The molecule has 27 heavy (non-hydrogen) atoms. The van der Waals surface area contributed by atoms with E-state index >= 15 is 0 Å². The van der Waals surface area contributed by atoms with Crippen LogP contribution in [0.2, 0.25) is 0 Å². The molecule has 0 atom stereocenters. The Bertz CT molecular complexity index is 891. The van der Waals surface area contributed by atoms with Crippen molar-refractivity contribution in [1.82, 2.24) is 9.69 Å². The normalized spacial score (nSPS) is 11.1. The number of nitrogen functional groups attached to an aromatic ring is 1. The van der Waals surface area contributed by atoms with E-state index in [4.69, 9.17) is 11.5 Å². The zero-order valence-electron chi connectivity index (χ0n) is 15.1. The molecule has 0 spiro atoms. The van der Waals surface area contributed by atoms with Crippen molar-refractivity contribution in [3.63, 3.8) is 0 Å². The first-order chi connectivity index (χ1) is 12.5. The molecule has 0 unspecified atom stereocenters. The molecule has 2 aromatic rings. The summed E-state index contributed by atoms with van der Waals surface area (Å²) in [5, 5.41) is 2.73. The van der Waals surface area contributed by atoms with Crippen LogP contribution in [-0.4, -0.2) is 34.2 Å². The van der Waals surface area contributed by atoms with Gasteiger partial charge in [0.1, 0.15) is 17.2 Å². The number of rotatable bonds is 5. The van der Waals surface area contributed by atoms with Gasteiger partial charge >= 0.3 is 0 Å². The lowest BCUT2D eigenvalue weighted by Crippen LogP contribution is -2.47. The second-order valence-electron chi connectivity index (χ2n) is 6.81. The van der Waals surface area contributed by atoms with Crippen LogP contribution in [-0.2, 0) is 4.79 Å². The van der Waals surface area contributed by atoms with E-state index in [2.05, 4.69) is 9.69 Å². The summed E-state index contributed by atoms with van der Waals surface area (Å²) in [4.78, 5) is 37.7. The molecule has 0 aliphatic carbocycles. The lowest BCUT2D eigenvalue weighted by atomic mass is 10.1. The lowest BCUT2D eigenvalue weighted by molar-refractivity contribution is -0.121. The largest absolute Gasteiger partial charge is 0.395 e. The highest BCUT2D eigenvalue weighted by Crippen LogP contribution is 2.26. The summed E-state index contributed by atoms with van der Waals surface area (Å²) in [5.74, 6) is -2.58. The third kappa shape index (κ3) is 5.00. The average Bonchev–Trinajstić information content (AvgIpc) is 2.92. The maximum atomic E-state index is 13.7. The number of anilines is 2. The molecule has 2 rings (SSSR count). The summed E-state index contributed by atoms with van der Waals surface area (Å²) in [6.07, 6.45) is 0. The summed E-state index contributed by atoms with van der Waals surface area (Å²) in [6, 6.07) is 5.23. The number of halogens is 1. The minimum Gasteiger partial charge on any atom is -0.395 e. The number of amides is 3. The number of nitrogens with two attached hydrogens (primary N) is 2. The van der Waals surface area contributed by atoms with Gasteiger partial charge in [-0.05, 0) is 50.5 Å². The highest BCUT2D eigenvalue weighted by molar-refractivity contribution is 7.09. The van der Waals surface area contributed by atoms with Crippen LogP contribution < -0.4 is 21.7 Å². The first-order valence-electron chi connectivity index (χ1n) is 7.93. The van der Waals surface area contributed by atoms with E-state index in [1.807, 2.05) is 0 Å². The topological polar surface area (TPSA) is 131 Å². The van der Waals surface area contributed by atoms with Crippen molar-refractivity contribution in [2.24, 2.45) is 5.73 Å². The van der Waals surface area contributed by atoms with Gasteiger partial charge in [0.25, 0.3) is 11.8 Å². The number of hydrogen-bond acceptors (Lipinski definition) is 6. The maximum absolute atomic E-state index is 13.7. The molecule has 8 nitrogen and oxygen atoms in total. The lowest BCUT2D eigenvalue weighted by Gasteiger charge is -2.25. The molecule has 3 amide bonds. The minimum atomic E-state index is -0.870. The van der Waals surface area contributed by atoms with Crippen LogP contribution in [0.25, 0.3) is 0 Å². The molecule has 1 aromatic carbocycles. The SMILES string of the molecule is CC(C)(C)NC(=O)CN(C(=O)c1snc(C(N)=O)c1N)c1cccc(F)c1. The van der Waals surface area contributed by atoms with Gasteiger partial charge in [-0.3, -0.25) is 19.3 Å². The van der Waals surface area contributed by atoms with E-state index in [0.717, 1.165) is 11.0 Å². The van der Waals surface area contributed by atoms with Crippen molar-refractivity contribution in [1.29, 1.82) is 0 Å². The van der Waals surface area contributed by atoms with E-state index in [0.29, 0.717) is 11.5 Å². The third-order valence-corrected chi connectivity index (χ3v) is 4.19. The van der Waals surface area contributed by atoms with Gasteiger partial charge < -0.3 is 16.8 Å². The summed E-state index contributed by atoms with van der Waals surface area (Å²) in [7, 11) is 0. The third-order valence-electron chi connectivity index (χ3n) is 3.34. The summed E-state index contributed by atoms with van der Waals surface area (Å²) in [6.45, 7) is 5.00. The van der Waals surface area contributed by atoms with Gasteiger partial charge in [-0.2, -0.15) is 4.37 Å². The van der Waals surface area contributed by atoms with E-state index in [1.165, 1.54) is 18.2 Å². The van der Waals surface area contributed by atoms with Crippen LogP contribution in [0.15, 0.2) is 24.3 Å². The molecular formula is C17H20FN5O3S. The fourth-order valence-corrected chi connectivity index (χ4v) is 3.03. The van der Waals surface area contributed by atoms with Crippen LogP contribution >= 0.6 is 11.5 Å². The fraction of sp³-hybridized carbons (Fsp3) is 0.294. The van der Waals surface area contributed by atoms with Gasteiger partial charge in [0.2, 0.25) is 5.91 Å². The predicted octanol–water partition coefficient (Wildman–Crippen LogP) is 1.52. The number of benzene rings is 1. The molecule has 5 N–H and O–H groups in total. The number of aromatic nitrogens is 1. The standard InChI is InChI=1S/C17H20FN5O3S/c1-17(2,3)21-11(24)8-23(10-6-4-5-9(18)7-10)16(26)14-12(19)13(15(20)25)22-27-14/h4-7H,8,19H2,1-3H3,(H2,20,25)(H,21,24). The van der Waals surface area contributed by atoms with E-state index in [1.54, 1.807) is 20.8 Å². The van der Waals surface area contributed by atoms with Crippen molar-refractivity contribution >= 4 is 40.6 Å². The number of carbonyl (C=O) groups excluding carboxylic acids is 3. The Hall–Kier alpha value is -3.01. The molecule has 10 heteroatoms. The van der Waals surface area contributed by atoms with Gasteiger partial charge in [0.15, 0.2) is 5.69 Å². The Labute approximate surface area is 159 Å². The average molecular weight is 393 g/mol. The number of hydrogen-bond donors (Lipinski definition) is 3. The molecule has 144 valence electrons. The molecule has 0 aliphatic rings. The Morgan fingerprint density at radius 2 is 1.96 bits per heavy atom. The van der Waals surface area contributed by atoms with Gasteiger partial charge in [0, 0.05) is 11.2 Å². The Morgan fingerprint density at radius 3 is 2.48 bits per heavy atom. The Kier molecular flexibility index (Phi) is 5.79. The van der Waals surface area contributed by atoms with Gasteiger partial charge in [-0.1, -0.05) is 6.07 Å². The van der Waals surface area contributed by atoms with Crippen LogP contribution in [0.3, 0.4) is 0 Å². The zero-order valence-corrected chi connectivity index (χ0v) is 15.9. The van der Waals surface area contributed by atoms with Crippen LogP contribution in [0.4, 0.5) is 15.8 Å². The highest BCUT2D eigenvalue weighted by atomic mass is 32.1. The summed E-state index contributed by atoms with van der Waals surface area (Å²) < 4.78 is 17.4. The number of primary amides is 1. The molecular weight excluding hydrogens is 373 g/mol. The molecule has 0 aliphatic heterocycles. The quantitative estimate of drug-likeness (QED) is 0.709. The van der Waals surface area contributed by atoms with Crippen LogP contribution in [0, 0.1) is 5.82 Å². The predicted molar refractivity (Wildman–Crippen MR) is 101 cm³/mol.